The summed E-state index contributed by atoms with van der Waals surface area (Å²) in [5.74, 6) is 0.179. The molecule has 0 aliphatic heterocycles. The van der Waals surface area contributed by atoms with E-state index in [0.29, 0.717) is 24.3 Å². The van der Waals surface area contributed by atoms with Crippen molar-refractivity contribution >= 4 is 17.1 Å². The number of para-hydroxylation sites is 2. The summed E-state index contributed by atoms with van der Waals surface area (Å²) >= 11 is 0. The minimum Gasteiger partial charge on any atom is -0.508 e. The SMILES string of the molecule is Nc1cccc(O)c1CNc1ccccc1NCCO. The number of phenolic OH excluding ortho intramolecular Hbond substituents is 1. The molecular weight excluding hydrogens is 254 g/mol. The molecule has 0 aliphatic rings. The van der Waals surface area contributed by atoms with Crippen LogP contribution in [0.5, 0.6) is 5.75 Å². The highest BCUT2D eigenvalue weighted by molar-refractivity contribution is 5.69. The fourth-order valence-corrected chi connectivity index (χ4v) is 1.95. The van der Waals surface area contributed by atoms with Gasteiger partial charge in [0.25, 0.3) is 0 Å². The zero-order chi connectivity index (χ0) is 14.4. The predicted molar refractivity (Wildman–Crippen MR) is 81.9 cm³/mol. The number of nitrogen functional groups attached to an aromatic ring is 1. The van der Waals surface area contributed by atoms with Gasteiger partial charge in [0.05, 0.1) is 18.0 Å². The molecule has 0 aliphatic carbocycles. The Kier molecular flexibility index (Phi) is 4.68. The van der Waals surface area contributed by atoms with Gasteiger partial charge in [-0.05, 0) is 24.3 Å². The average molecular weight is 273 g/mol. The zero-order valence-electron chi connectivity index (χ0n) is 11.1. The van der Waals surface area contributed by atoms with Gasteiger partial charge in [0.15, 0.2) is 0 Å². The summed E-state index contributed by atoms with van der Waals surface area (Å²) < 4.78 is 0. The highest BCUT2D eigenvalue weighted by Gasteiger charge is 2.06. The second-order valence-corrected chi connectivity index (χ2v) is 4.39. The Labute approximate surface area is 118 Å². The third kappa shape index (κ3) is 3.33. The van der Waals surface area contributed by atoms with Crippen LogP contribution in [0.15, 0.2) is 42.5 Å². The van der Waals surface area contributed by atoms with E-state index in [2.05, 4.69) is 10.6 Å². The molecule has 20 heavy (non-hydrogen) atoms. The van der Waals surface area contributed by atoms with E-state index < -0.39 is 0 Å². The maximum Gasteiger partial charge on any atom is 0.122 e. The summed E-state index contributed by atoms with van der Waals surface area (Å²) in [5, 5.41) is 25.0. The van der Waals surface area contributed by atoms with Gasteiger partial charge in [-0.15, -0.1) is 0 Å². The summed E-state index contributed by atoms with van der Waals surface area (Å²) in [7, 11) is 0. The molecule has 0 bridgehead atoms. The smallest absolute Gasteiger partial charge is 0.122 e. The topological polar surface area (TPSA) is 90.5 Å². The third-order valence-electron chi connectivity index (χ3n) is 3.00. The fourth-order valence-electron chi connectivity index (χ4n) is 1.95. The van der Waals surface area contributed by atoms with Crippen molar-refractivity contribution in [2.24, 2.45) is 0 Å². The second-order valence-electron chi connectivity index (χ2n) is 4.39. The van der Waals surface area contributed by atoms with Crippen LogP contribution in [0.1, 0.15) is 5.56 Å². The molecule has 0 spiro atoms. The summed E-state index contributed by atoms with van der Waals surface area (Å²) in [6.45, 7) is 0.981. The molecule has 5 heteroatoms. The van der Waals surface area contributed by atoms with Crippen LogP contribution >= 0.6 is 0 Å². The molecule has 0 heterocycles. The largest absolute Gasteiger partial charge is 0.508 e. The van der Waals surface area contributed by atoms with E-state index >= 15 is 0 Å². The Bertz CT molecular complexity index is 553. The maximum atomic E-state index is 9.81. The van der Waals surface area contributed by atoms with Crippen LogP contribution in [0, 0.1) is 0 Å². The van der Waals surface area contributed by atoms with E-state index in [1.165, 1.54) is 0 Å². The number of phenols is 1. The molecule has 0 radical (unpaired) electrons. The lowest BCUT2D eigenvalue weighted by atomic mass is 10.1. The van der Waals surface area contributed by atoms with Crippen molar-refractivity contribution in [3.63, 3.8) is 0 Å². The normalized spacial score (nSPS) is 10.2. The molecule has 6 N–H and O–H groups in total. The minimum atomic E-state index is 0.0702. The summed E-state index contributed by atoms with van der Waals surface area (Å²) in [4.78, 5) is 0. The lowest BCUT2D eigenvalue weighted by Gasteiger charge is -2.14. The van der Waals surface area contributed by atoms with Crippen LogP contribution in [0.4, 0.5) is 17.1 Å². The quantitative estimate of drug-likeness (QED) is 0.519. The van der Waals surface area contributed by atoms with Crippen molar-refractivity contribution in [3.05, 3.63) is 48.0 Å². The Morgan fingerprint density at radius 3 is 2.30 bits per heavy atom. The van der Waals surface area contributed by atoms with Crippen molar-refractivity contribution in [2.75, 3.05) is 29.5 Å². The molecular formula is C15H19N3O2. The third-order valence-corrected chi connectivity index (χ3v) is 3.00. The molecule has 0 amide bonds. The number of hydrogen-bond donors (Lipinski definition) is 5. The van der Waals surface area contributed by atoms with Gasteiger partial charge >= 0.3 is 0 Å². The molecule has 2 aromatic rings. The summed E-state index contributed by atoms with van der Waals surface area (Å²) in [6.07, 6.45) is 0. The van der Waals surface area contributed by atoms with Crippen molar-refractivity contribution in [1.82, 2.24) is 0 Å². The van der Waals surface area contributed by atoms with Gasteiger partial charge in [-0.1, -0.05) is 18.2 Å². The van der Waals surface area contributed by atoms with Crippen LogP contribution in [0.2, 0.25) is 0 Å². The van der Waals surface area contributed by atoms with Gasteiger partial charge in [-0.3, -0.25) is 0 Å². The van der Waals surface area contributed by atoms with Crippen molar-refractivity contribution < 1.29 is 10.2 Å². The van der Waals surface area contributed by atoms with Gasteiger partial charge in [0.2, 0.25) is 0 Å². The number of nitrogens with one attached hydrogen (secondary N) is 2. The fraction of sp³-hybridized carbons (Fsp3) is 0.200. The predicted octanol–water partition coefficient (Wildman–Crippen LogP) is 1.99. The van der Waals surface area contributed by atoms with Crippen LogP contribution in [-0.4, -0.2) is 23.4 Å². The first-order chi connectivity index (χ1) is 9.72. The molecule has 0 saturated carbocycles. The van der Waals surface area contributed by atoms with Crippen molar-refractivity contribution in [2.45, 2.75) is 6.54 Å². The molecule has 0 saturated heterocycles. The van der Waals surface area contributed by atoms with Crippen LogP contribution < -0.4 is 16.4 Å². The van der Waals surface area contributed by atoms with Crippen LogP contribution in [0.3, 0.4) is 0 Å². The van der Waals surface area contributed by atoms with E-state index in [0.717, 1.165) is 11.4 Å². The van der Waals surface area contributed by atoms with Gasteiger partial charge in [-0.2, -0.15) is 0 Å². The number of hydrogen-bond acceptors (Lipinski definition) is 5. The lowest BCUT2D eigenvalue weighted by Crippen LogP contribution is -2.09. The Morgan fingerprint density at radius 1 is 0.950 bits per heavy atom. The molecule has 0 unspecified atom stereocenters. The van der Waals surface area contributed by atoms with Crippen LogP contribution in [-0.2, 0) is 6.54 Å². The van der Waals surface area contributed by atoms with Crippen LogP contribution in [0.25, 0.3) is 0 Å². The number of benzene rings is 2. The second kappa shape index (κ2) is 6.68. The van der Waals surface area contributed by atoms with Crippen molar-refractivity contribution in [1.29, 1.82) is 0 Å². The Balaban J connectivity index is 2.11. The van der Waals surface area contributed by atoms with Gasteiger partial charge in [-0.25, -0.2) is 0 Å². The highest BCUT2D eigenvalue weighted by atomic mass is 16.3. The zero-order valence-corrected chi connectivity index (χ0v) is 11.1. The number of anilines is 3. The number of aromatic hydroxyl groups is 1. The molecule has 106 valence electrons. The van der Waals surface area contributed by atoms with E-state index in [9.17, 15) is 5.11 Å². The number of nitrogens with two attached hydrogens (primary N) is 1. The highest BCUT2D eigenvalue weighted by Crippen LogP contribution is 2.26. The average Bonchev–Trinajstić information content (AvgIpc) is 2.45. The Hall–Kier alpha value is -2.40. The van der Waals surface area contributed by atoms with Crippen molar-refractivity contribution in [3.8, 4) is 5.75 Å². The first-order valence-electron chi connectivity index (χ1n) is 6.46. The maximum absolute atomic E-state index is 9.81. The first kappa shape index (κ1) is 14.0. The lowest BCUT2D eigenvalue weighted by molar-refractivity contribution is 0.311. The van der Waals surface area contributed by atoms with E-state index in [1.807, 2.05) is 24.3 Å². The first-order valence-corrected chi connectivity index (χ1v) is 6.46. The molecule has 0 atom stereocenters. The van der Waals surface area contributed by atoms with E-state index in [-0.39, 0.29) is 12.4 Å². The monoisotopic (exact) mass is 273 g/mol. The number of aliphatic hydroxyl groups excluding tert-OH is 1. The summed E-state index contributed by atoms with van der Waals surface area (Å²) in [6, 6.07) is 12.8. The van der Waals surface area contributed by atoms with E-state index in [1.54, 1.807) is 18.2 Å². The van der Waals surface area contributed by atoms with Gasteiger partial charge in [0.1, 0.15) is 5.75 Å². The van der Waals surface area contributed by atoms with Gasteiger partial charge in [0, 0.05) is 24.3 Å². The number of aliphatic hydroxyl groups is 1. The molecule has 0 aromatic heterocycles. The van der Waals surface area contributed by atoms with E-state index in [4.69, 9.17) is 10.8 Å². The molecule has 5 nitrogen and oxygen atoms in total. The number of rotatable bonds is 6. The Morgan fingerprint density at radius 2 is 1.65 bits per heavy atom. The standard InChI is InChI=1S/C15H19N3O2/c16-12-4-3-7-15(20)11(12)10-18-14-6-2-1-5-13(14)17-8-9-19/h1-7,17-20H,8-10,16H2. The molecule has 2 rings (SSSR count). The van der Waals surface area contributed by atoms with Gasteiger partial charge < -0.3 is 26.6 Å². The minimum absolute atomic E-state index is 0.0702. The molecule has 0 fully saturated rings. The molecule has 2 aromatic carbocycles. The summed E-state index contributed by atoms with van der Waals surface area (Å²) in [5.41, 5.74) is 8.87.